The molecule has 0 nitrogen and oxygen atoms in total. The topological polar surface area (TPSA) is 0 Å². The third-order valence-corrected chi connectivity index (χ3v) is 3.41. The van der Waals surface area contributed by atoms with Gasteiger partial charge in [-0.3, -0.25) is 0 Å². The summed E-state index contributed by atoms with van der Waals surface area (Å²) in [5, 5.41) is 5.77. The zero-order valence-corrected chi connectivity index (χ0v) is 9.75. The van der Waals surface area contributed by atoms with E-state index in [1.807, 2.05) is 12.1 Å². The first-order valence-electron chi connectivity index (χ1n) is 5.34. The molecule has 0 unspecified atom stereocenters. The van der Waals surface area contributed by atoms with Crippen LogP contribution in [0.25, 0.3) is 21.5 Å². The van der Waals surface area contributed by atoms with Crippen LogP contribution in [0.4, 0.5) is 0 Å². The van der Waals surface area contributed by atoms with E-state index in [9.17, 15) is 0 Å². The zero-order chi connectivity index (χ0) is 11.1. The molecule has 0 heterocycles. The molecule has 0 aliphatic rings. The van der Waals surface area contributed by atoms with E-state index in [-0.39, 0.29) is 0 Å². The van der Waals surface area contributed by atoms with Gasteiger partial charge in [0, 0.05) is 10.4 Å². The Balaban J connectivity index is 2.62. The van der Waals surface area contributed by atoms with Crippen molar-refractivity contribution < 1.29 is 0 Å². The highest BCUT2D eigenvalue weighted by atomic mass is 35.5. The first-order valence-corrected chi connectivity index (χ1v) is 5.72. The standard InChI is InChI=1S/C15H11Cl/c1-10-13-7-3-2-5-11(13)9-12-6-4-8-14(16)15(10)12/h2-9H,1H3. The van der Waals surface area contributed by atoms with E-state index >= 15 is 0 Å². The molecule has 0 N–H and O–H groups in total. The van der Waals surface area contributed by atoms with Crippen molar-refractivity contribution in [1.29, 1.82) is 0 Å². The normalized spacial score (nSPS) is 11.1. The maximum atomic E-state index is 6.26. The predicted octanol–water partition coefficient (Wildman–Crippen LogP) is 4.95. The molecular formula is C15H11Cl. The lowest BCUT2D eigenvalue weighted by molar-refractivity contribution is 1.58. The second-order valence-electron chi connectivity index (χ2n) is 4.06. The summed E-state index contributed by atoms with van der Waals surface area (Å²) in [7, 11) is 0. The summed E-state index contributed by atoms with van der Waals surface area (Å²) >= 11 is 6.26. The highest BCUT2D eigenvalue weighted by Gasteiger charge is 2.05. The Bertz CT molecular complexity index is 683. The van der Waals surface area contributed by atoms with Crippen molar-refractivity contribution in [3.8, 4) is 0 Å². The fraction of sp³-hybridized carbons (Fsp3) is 0.0667. The molecule has 3 rings (SSSR count). The fourth-order valence-electron chi connectivity index (χ4n) is 2.32. The summed E-state index contributed by atoms with van der Waals surface area (Å²) in [5.41, 5.74) is 1.26. The van der Waals surface area contributed by atoms with Gasteiger partial charge in [-0.25, -0.2) is 0 Å². The maximum absolute atomic E-state index is 6.26. The lowest BCUT2D eigenvalue weighted by Crippen LogP contribution is -1.83. The molecule has 0 amide bonds. The largest absolute Gasteiger partial charge is 0.0837 e. The molecule has 0 spiro atoms. The molecule has 0 atom stereocenters. The second kappa shape index (κ2) is 3.50. The number of hydrogen-bond acceptors (Lipinski definition) is 0. The molecule has 0 aromatic heterocycles. The number of fused-ring (bicyclic) bond motifs is 2. The van der Waals surface area contributed by atoms with Crippen LogP contribution in [-0.2, 0) is 0 Å². The molecule has 0 saturated heterocycles. The third kappa shape index (κ3) is 1.30. The molecule has 1 heteroatoms. The number of benzene rings is 3. The molecule has 0 saturated carbocycles. The van der Waals surface area contributed by atoms with Gasteiger partial charge in [-0.15, -0.1) is 0 Å². The molecule has 0 aliphatic carbocycles. The van der Waals surface area contributed by atoms with E-state index in [1.165, 1.54) is 27.1 Å². The summed E-state index contributed by atoms with van der Waals surface area (Å²) in [6.07, 6.45) is 0. The van der Waals surface area contributed by atoms with E-state index < -0.39 is 0 Å². The van der Waals surface area contributed by atoms with Crippen LogP contribution in [0.1, 0.15) is 5.56 Å². The van der Waals surface area contributed by atoms with E-state index in [0.717, 1.165) is 5.02 Å². The molecule has 0 bridgehead atoms. The highest BCUT2D eigenvalue weighted by Crippen LogP contribution is 2.32. The van der Waals surface area contributed by atoms with Crippen molar-refractivity contribution >= 4 is 33.1 Å². The van der Waals surface area contributed by atoms with Crippen LogP contribution in [0.2, 0.25) is 5.02 Å². The molecular weight excluding hydrogens is 216 g/mol. The van der Waals surface area contributed by atoms with Crippen LogP contribution in [0, 0.1) is 6.92 Å². The van der Waals surface area contributed by atoms with Gasteiger partial charge in [0.1, 0.15) is 0 Å². The van der Waals surface area contributed by atoms with Gasteiger partial charge in [0.25, 0.3) is 0 Å². The smallest absolute Gasteiger partial charge is 0.0487 e. The average molecular weight is 227 g/mol. The van der Waals surface area contributed by atoms with Gasteiger partial charge in [0.2, 0.25) is 0 Å². The Morgan fingerprint density at radius 3 is 2.50 bits per heavy atom. The van der Waals surface area contributed by atoms with Gasteiger partial charge in [0.05, 0.1) is 0 Å². The average Bonchev–Trinajstić information content (AvgIpc) is 2.29. The number of rotatable bonds is 0. The minimum absolute atomic E-state index is 0.834. The number of hydrogen-bond donors (Lipinski definition) is 0. The van der Waals surface area contributed by atoms with Gasteiger partial charge in [-0.05, 0) is 40.8 Å². The minimum atomic E-state index is 0.834. The summed E-state index contributed by atoms with van der Waals surface area (Å²) in [5.74, 6) is 0. The quantitative estimate of drug-likeness (QED) is 0.476. The van der Waals surface area contributed by atoms with Crippen molar-refractivity contribution in [2.45, 2.75) is 6.92 Å². The van der Waals surface area contributed by atoms with Crippen LogP contribution < -0.4 is 0 Å². The Hall–Kier alpha value is -1.53. The van der Waals surface area contributed by atoms with E-state index in [4.69, 9.17) is 11.6 Å². The monoisotopic (exact) mass is 226 g/mol. The predicted molar refractivity (Wildman–Crippen MR) is 71.2 cm³/mol. The van der Waals surface area contributed by atoms with Gasteiger partial charge in [-0.2, -0.15) is 0 Å². The van der Waals surface area contributed by atoms with Crippen molar-refractivity contribution in [2.24, 2.45) is 0 Å². The number of halogens is 1. The van der Waals surface area contributed by atoms with Crippen LogP contribution in [0.15, 0.2) is 48.5 Å². The molecule has 0 aliphatic heterocycles. The van der Waals surface area contributed by atoms with Crippen LogP contribution in [-0.4, -0.2) is 0 Å². The third-order valence-electron chi connectivity index (χ3n) is 3.10. The van der Waals surface area contributed by atoms with E-state index in [2.05, 4.69) is 43.3 Å². The molecule has 78 valence electrons. The highest BCUT2D eigenvalue weighted by molar-refractivity contribution is 6.36. The molecule has 16 heavy (non-hydrogen) atoms. The zero-order valence-electron chi connectivity index (χ0n) is 9.00. The van der Waals surface area contributed by atoms with Crippen molar-refractivity contribution in [2.75, 3.05) is 0 Å². The minimum Gasteiger partial charge on any atom is -0.0837 e. The van der Waals surface area contributed by atoms with Crippen molar-refractivity contribution in [1.82, 2.24) is 0 Å². The lowest BCUT2D eigenvalue weighted by atomic mass is 9.98. The Labute approximate surface area is 99.5 Å². The summed E-state index contributed by atoms with van der Waals surface area (Å²) < 4.78 is 0. The maximum Gasteiger partial charge on any atom is 0.0487 e. The van der Waals surface area contributed by atoms with Crippen molar-refractivity contribution in [3.05, 3.63) is 59.1 Å². The van der Waals surface area contributed by atoms with Crippen LogP contribution >= 0.6 is 11.6 Å². The Morgan fingerprint density at radius 2 is 1.62 bits per heavy atom. The van der Waals surface area contributed by atoms with Gasteiger partial charge < -0.3 is 0 Å². The molecule has 3 aromatic carbocycles. The summed E-state index contributed by atoms with van der Waals surface area (Å²) in [6.45, 7) is 2.14. The van der Waals surface area contributed by atoms with Crippen molar-refractivity contribution in [3.63, 3.8) is 0 Å². The number of aryl methyl sites for hydroxylation is 1. The lowest BCUT2D eigenvalue weighted by Gasteiger charge is -2.08. The SMILES string of the molecule is Cc1c2ccccc2cc2cccc(Cl)c12. The molecule has 0 fully saturated rings. The summed E-state index contributed by atoms with van der Waals surface area (Å²) in [4.78, 5) is 0. The second-order valence-corrected chi connectivity index (χ2v) is 4.47. The first kappa shape index (κ1) is 9.68. The Morgan fingerprint density at radius 1 is 0.875 bits per heavy atom. The van der Waals surface area contributed by atoms with Gasteiger partial charge in [0.15, 0.2) is 0 Å². The van der Waals surface area contributed by atoms with E-state index in [0.29, 0.717) is 0 Å². The fourth-order valence-corrected chi connectivity index (χ4v) is 2.65. The van der Waals surface area contributed by atoms with Gasteiger partial charge >= 0.3 is 0 Å². The molecule has 3 aromatic rings. The Kier molecular flexibility index (Phi) is 2.12. The first-order chi connectivity index (χ1) is 7.77. The molecule has 0 radical (unpaired) electrons. The van der Waals surface area contributed by atoms with Gasteiger partial charge in [-0.1, -0.05) is 48.0 Å². The van der Waals surface area contributed by atoms with Crippen LogP contribution in [0.3, 0.4) is 0 Å². The summed E-state index contributed by atoms with van der Waals surface area (Å²) in [6, 6.07) is 16.7. The van der Waals surface area contributed by atoms with Crippen LogP contribution in [0.5, 0.6) is 0 Å². The van der Waals surface area contributed by atoms with E-state index in [1.54, 1.807) is 0 Å².